The Morgan fingerprint density at radius 3 is 2.68 bits per heavy atom. The van der Waals surface area contributed by atoms with Crippen LogP contribution in [0.15, 0.2) is 34.8 Å². The van der Waals surface area contributed by atoms with Gasteiger partial charge in [0.25, 0.3) is 5.69 Å². The average molecular weight is 429 g/mol. The number of benzene rings is 2. The summed E-state index contributed by atoms with van der Waals surface area (Å²) in [5.74, 6) is -0.783. The maximum Gasteiger partial charge on any atom is 0.350 e. The first-order valence-electron chi connectivity index (χ1n) is 6.95. The number of aldehydes is 1. The van der Waals surface area contributed by atoms with Gasteiger partial charge in [0.05, 0.1) is 16.0 Å². The lowest BCUT2D eigenvalue weighted by Gasteiger charge is -2.13. The molecule has 2 aromatic rings. The molecule has 0 N–H and O–H groups in total. The smallest absolute Gasteiger partial charge is 0.350 e. The molecule has 130 valence electrons. The van der Waals surface area contributed by atoms with Gasteiger partial charge >= 0.3 is 5.97 Å². The number of nitro benzene ring substituents is 1. The van der Waals surface area contributed by atoms with Crippen molar-refractivity contribution in [3.05, 3.63) is 61.1 Å². The molecule has 0 radical (unpaired) electrons. The van der Waals surface area contributed by atoms with Crippen molar-refractivity contribution in [1.82, 2.24) is 0 Å². The van der Waals surface area contributed by atoms with Gasteiger partial charge in [0.15, 0.2) is 11.5 Å². The number of nitrogens with zero attached hydrogens (tertiary/aromatic N) is 1. The molecule has 0 aromatic heterocycles. The minimum Gasteiger partial charge on any atom is -0.490 e. The summed E-state index contributed by atoms with van der Waals surface area (Å²) in [5, 5.41) is 11.2. The Bertz CT molecular complexity index is 855. The number of halogens is 2. The second-order valence-electron chi connectivity index (χ2n) is 4.69. The van der Waals surface area contributed by atoms with Crippen LogP contribution in [0.2, 0.25) is 5.02 Å². The molecule has 0 amide bonds. The van der Waals surface area contributed by atoms with E-state index in [1.165, 1.54) is 24.3 Å². The van der Waals surface area contributed by atoms with E-state index in [9.17, 15) is 19.7 Å². The van der Waals surface area contributed by atoms with Gasteiger partial charge in [-0.1, -0.05) is 11.6 Å². The van der Waals surface area contributed by atoms with Gasteiger partial charge in [-0.05, 0) is 47.1 Å². The first kappa shape index (κ1) is 18.9. The molecule has 0 spiro atoms. The molecular weight excluding hydrogens is 418 g/mol. The minimum absolute atomic E-state index is 0.0155. The monoisotopic (exact) mass is 427 g/mol. The Labute approximate surface area is 155 Å². The van der Waals surface area contributed by atoms with Gasteiger partial charge < -0.3 is 9.47 Å². The van der Waals surface area contributed by atoms with Crippen LogP contribution < -0.4 is 9.47 Å². The quantitative estimate of drug-likeness (QED) is 0.222. The average Bonchev–Trinajstić information content (AvgIpc) is 2.57. The van der Waals surface area contributed by atoms with Gasteiger partial charge in [-0.15, -0.1) is 0 Å². The zero-order chi connectivity index (χ0) is 18.6. The molecule has 0 aliphatic carbocycles. The summed E-state index contributed by atoms with van der Waals surface area (Å²) in [4.78, 5) is 33.7. The highest BCUT2D eigenvalue weighted by Crippen LogP contribution is 2.37. The fourth-order valence-electron chi connectivity index (χ4n) is 1.99. The third kappa shape index (κ3) is 4.34. The Morgan fingerprint density at radius 1 is 1.36 bits per heavy atom. The molecule has 0 aliphatic heterocycles. The molecule has 25 heavy (non-hydrogen) atoms. The van der Waals surface area contributed by atoms with E-state index in [0.717, 1.165) is 6.07 Å². The molecule has 0 bridgehead atoms. The first-order chi connectivity index (χ1) is 11.9. The Morgan fingerprint density at radius 2 is 2.08 bits per heavy atom. The van der Waals surface area contributed by atoms with Crippen molar-refractivity contribution < 1.29 is 24.0 Å². The SMILES string of the molecule is CCOc1cc(C=O)cc(Br)c1OC(=O)c1ccc(Cl)cc1[N+](=O)[O-]. The lowest BCUT2D eigenvalue weighted by Crippen LogP contribution is -2.12. The molecule has 0 aliphatic rings. The van der Waals surface area contributed by atoms with Crippen LogP contribution in [-0.2, 0) is 0 Å². The number of hydrogen-bond acceptors (Lipinski definition) is 6. The summed E-state index contributed by atoms with van der Waals surface area (Å²) in [6, 6.07) is 6.46. The largest absolute Gasteiger partial charge is 0.490 e. The van der Waals surface area contributed by atoms with Gasteiger partial charge in [0.1, 0.15) is 11.8 Å². The third-order valence-electron chi connectivity index (χ3n) is 3.04. The van der Waals surface area contributed by atoms with Crippen LogP contribution >= 0.6 is 27.5 Å². The number of carbonyl (C=O) groups is 2. The highest BCUT2D eigenvalue weighted by molar-refractivity contribution is 9.10. The van der Waals surface area contributed by atoms with Gasteiger partial charge in [-0.3, -0.25) is 14.9 Å². The van der Waals surface area contributed by atoms with E-state index in [-0.39, 0.29) is 28.7 Å². The van der Waals surface area contributed by atoms with E-state index < -0.39 is 16.6 Å². The van der Waals surface area contributed by atoms with Crippen LogP contribution in [-0.4, -0.2) is 23.8 Å². The summed E-state index contributed by atoms with van der Waals surface area (Å²) < 4.78 is 10.9. The van der Waals surface area contributed by atoms with Crippen LogP contribution in [0.25, 0.3) is 0 Å². The van der Waals surface area contributed by atoms with E-state index >= 15 is 0 Å². The van der Waals surface area contributed by atoms with Crippen LogP contribution in [0.4, 0.5) is 5.69 Å². The second-order valence-corrected chi connectivity index (χ2v) is 5.98. The Hall–Kier alpha value is -2.45. The van der Waals surface area contributed by atoms with Crippen molar-refractivity contribution in [3.8, 4) is 11.5 Å². The number of nitro groups is 1. The number of hydrogen-bond donors (Lipinski definition) is 0. The zero-order valence-electron chi connectivity index (χ0n) is 12.8. The van der Waals surface area contributed by atoms with Gasteiger partial charge in [0.2, 0.25) is 0 Å². The molecule has 2 aromatic carbocycles. The molecule has 0 fully saturated rings. The fourth-order valence-corrected chi connectivity index (χ4v) is 2.70. The van der Waals surface area contributed by atoms with Gasteiger partial charge in [0, 0.05) is 16.7 Å². The van der Waals surface area contributed by atoms with Crippen molar-refractivity contribution in [2.75, 3.05) is 6.61 Å². The number of carbonyl (C=O) groups excluding carboxylic acids is 2. The molecule has 2 rings (SSSR count). The molecular formula is C16H11BrClNO6. The normalized spacial score (nSPS) is 10.2. The van der Waals surface area contributed by atoms with Crippen molar-refractivity contribution in [2.24, 2.45) is 0 Å². The Kier molecular flexibility index (Phi) is 6.11. The van der Waals surface area contributed by atoms with E-state index in [1.807, 2.05) is 0 Å². The predicted molar refractivity (Wildman–Crippen MR) is 93.8 cm³/mol. The van der Waals surface area contributed by atoms with Crippen LogP contribution in [0.1, 0.15) is 27.6 Å². The molecule has 0 saturated carbocycles. The van der Waals surface area contributed by atoms with E-state index in [4.69, 9.17) is 21.1 Å². The number of rotatable bonds is 6. The summed E-state index contributed by atoms with van der Waals surface area (Å²) in [6.07, 6.45) is 0.614. The highest BCUT2D eigenvalue weighted by atomic mass is 79.9. The summed E-state index contributed by atoms with van der Waals surface area (Å²) in [7, 11) is 0. The lowest BCUT2D eigenvalue weighted by atomic mass is 10.2. The summed E-state index contributed by atoms with van der Waals surface area (Å²) in [5.41, 5.74) is -0.424. The molecule has 0 unspecified atom stereocenters. The minimum atomic E-state index is -0.955. The lowest BCUT2D eigenvalue weighted by molar-refractivity contribution is -0.385. The van der Waals surface area contributed by atoms with E-state index in [1.54, 1.807) is 6.92 Å². The standard InChI is InChI=1S/C16H11BrClNO6/c1-2-24-14-6-9(8-20)5-12(17)15(14)25-16(21)11-4-3-10(18)7-13(11)19(22)23/h3-8H,2H2,1H3. The van der Waals surface area contributed by atoms with E-state index in [2.05, 4.69) is 15.9 Å². The first-order valence-corrected chi connectivity index (χ1v) is 8.12. The second kappa shape index (κ2) is 8.09. The number of esters is 1. The third-order valence-corrected chi connectivity index (χ3v) is 3.86. The molecule has 0 heterocycles. The van der Waals surface area contributed by atoms with Crippen molar-refractivity contribution in [2.45, 2.75) is 6.92 Å². The Balaban J connectivity index is 2.45. The van der Waals surface area contributed by atoms with E-state index in [0.29, 0.717) is 16.3 Å². The summed E-state index contributed by atoms with van der Waals surface area (Å²) in [6.45, 7) is 1.98. The van der Waals surface area contributed by atoms with Crippen molar-refractivity contribution in [1.29, 1.82) is 0 Å². The molecule has 0 atom stereocenters. The van der Waals surface area contributed by atoms with Crippen LogP contribution in [0.3, 0.4) is 0 Å². The molecule has 9 heteroatoms. The maximum absolute atomic E-state index is 12.4. The maximum atomic E-state index is 12.4. The fraction of sp³-hybridized carbons (Fsp3) is 0.125. The topological polar surface area (TPSA) is 95.7 Å². The zero-order valence-corrected chi connectivity index (χ0v) is 15.2. The molecule has 0 saturated heterocycles. The van der Waals surface area contributed by atoms with Crippen molar-refractivity contribution >= 4 is 45.5 Å². The van der Waals surface area contributed by atoms with Gasteiger partial charge in [-0.25, -0.2) is 4.79 Å². The highest BCUT2D eigenvalue weighted by Gasteiger charge is 2.24. The van der Waals surface area contributed by atoms with Crippen molar-refractivity contribution in [3.63, 3.8) is 0 Å². The van der Waals surface area contributed by atoms with Gasteiger partial charge in [-0.2, -0.15) is 0 Å². The summed E-state index contributed by atoms with van der Waals surface area (Å²) >= 11 is 8.93. The number of ether oxygens (including phenoxy) is 2. The molecule has 7 nitrogen and oxygen atoms in total. The van der Waals surface area contributed by atoms with Crippen LogP contribution in [0.5, 0.6) is 11.5 Å². The predicted octanol–water partition coefficient (Wildman–Crippen LogP) is 4.44. The van der Waals surface area contributed by atoms with Crippen LogP contribution in [0, 0.1) is 10.1 Å².